The summed E-state index contributed by atoms with van der Waals surface area (Å²) in [7, 11) is 0. The van der Waals surface area contributed by atoms with Crippen molar-refractivity contribution in [2.24, 2.45) is 0 Å². The van der Waals surface area contributed by atoms with Gasteiger partial charge in [0.25, 0.3) is 0 Å². The smallest absolute Gasteiger partial charge is 0.320 e. The summed E-state index contributed by atoms with van der Waals surface area (Å²) in [6, 6.07) is -0.834. The lowest BCUT2D eigenvalue weighted by molar-refractivity contribution is -0.189. The van der Waals surface area contributed by atoms with Gasteiger partial charge in [-0.1, -0.05) is 0 Å². The molecule has 1 rings (SSSR count). The summed E-state index contributed by atoms with van der Waals surface area (Å²) in [4.78, 5) is 10.4. The molecule has 0 aromatic rings. The normalized spacial score (nSPS) is 27.3. The van der Waals surface area contributed by atoms with Crippen LogP contribution >= 0.6 is 12.4 Å². The lowest BCUT2D eigenvalue weighted by atomic mass is 9.99. The molecule has 72 valence electrons. The summed E-state index contributed by atoms with van der Waals surface area (Å²) in [5.74, 6) is -2.86. The maximum Gasteiger partial charge on any atom is 0.320 e. The first-order chi connectivity index (χ1) is 5.01. The summed E-state index contributed by atoms with van der Waals surface area (Å²) in [5.41, 5.74) is 0. The first kappa shape index (κ1) is 11.6. The van der Waals surface area contributed by atoms with Crippen LogP contribution in [0.15, 0.2) is 0 Å². The molecular formula is C6H12ClNO4. The highest BCUT2D eigenvalue weighted by Crippen LogP contribution is 2.17. The second-order valence-corrected chi connectivity index (χ2v) is 2.78. The van der Waals surface area contributed by atoms with E-state index in [1.165, 1.54) is 0 Å². The van der Waals surface area contributed by atoms with Crippen molar-refractivity contribution in [2.45, 2.75) is 24.7 Å². The van der Waals surface area contributed by atoms with E-state index in [0.717, 1.165) is 0 Å². The zero-order valence-electron chi connectivity index (χ0n) is 6.36. The molecule has 0 amide bonds. The van der Waals surface area contributed by atoms with Gasteiger partial charge in [-0.05, 0) is 0 Å². The number of aliphatic carboxylic acids is 1. The second-order valence-electron chi connectivity index (χ2n) is 2.78. The van der Waals surface area contributed by atoms with Gasteiger partial charge in [-0.15, -0.1) is 12.4 Å². The van der Waals surface area contributed by atoms with Gasteiger partial charge in [-0.2, -0.15) is 0 Å². The van der Waals surface area contributed by atoms with E-state index >= 15 is 0 Å². The van der Waals surface area contributed by atoms with Crippen LogP contribution in [0, 0.1) is 0 Å². The summed E-state index contributed by atoms with van der Waals surface area (Å²) < 4.78 is 0. The van der Waals surface area contributed by atoms with E-state index < -0.39 is 17.8 Å². The molecule has 5 nitrogen and oxygen atoms in total. The highest BCUT2D eigenvalue weighted by atomic mass is 35.5. The van der Waals surface area contributed by atoms with E-state index in [1.54, 1.807) is 0 Å². The quantitative estimate of drug-likeness (QED) is 0.402. The van der Waals surface area contributed by atoms with E-state index in [4.69, 9.17) is 15.3 Å². The number of carboxylic acids is 1. The number of nitrogens with one attached hydrogen (secondary N) is 1. The largest absolute Gasteiger partial charge is 0.480 e. The number of halogens is 1. The molecule has 1 atom stereocenters. The molecule has 0 aromatic carbocycles. The number of hydrogen-bond donors (Lipinski definition) is 4. The third-order valence-electron chi connectivity index (χ3n) is 1.75. The lowest BCUT2D eigenvalue weighted by Gasteiger charge is -2.31. The molecule has 0 aromatic heterocycles. The molecule has 1 aliphatic heterocycles. The van der Waals surface area contributed by atoms with Gasteiger partial charge in [0.05, 0.1) is 0 Å². The monoisotopic (exact) mass is 197 g/mol. The summed E-state index contributed by atoms with van der Waals surface area (Å²) in [6.07, 6.45) is 0.0269. The summed E-state index contributed by atoms with van der Waals surface area (Å²) >= 11 is 0. The van der Waals surface area contributed by atoms with Crippen LogP contribution in [0.5, 0.6) is 0 Å². The number of rotatable bonds is 1. The van der Waals surface area contributed by atoms with Crippen LogP contribution < -0.4 is 5.32 Å². The van der Waals surface area contributed by atoms with Crippen LogP contribution in [0.25, 0.3) is 0 Å². The number of aliphatic hydroxyl groups is 2. The third-order valence-corrected chi connectivity index (χ3v) is 1.75. The lowest BCUT2D eigenvalue weighted by Crippen LogP contribution is -2.51. The number of carboxylic acid groups (broad SMARTS) is 1. The highest BCUT2D eigenvalue weighted by Gasteiger charge is 2.34. The van der Waals surface area contributed by atoms with E-state index in [9.17, 15) is 4.79 Å². The van der Waals surface area contributed by atoms with Gasteiger partial charge in [-0.25, -0.2) is 0 Å². The molecule has 1 heterocycles. The van der Waals surface area contributed by atoms with Crippen LogP contribution in [-0.2, 0) is 4.79 Å². The van der Waals surface area contributed by atoms with Crippen LogP contribution in [0.1, 0.15) is 12.8 Å². The van der Waals surface area contributed by atoms with Gasteiger partial charge < -0.3 is 20.6 Å². The molecule has 6 heteroatoms. The Kier molecular flexibility index (Phi) is 3.92. The maximum absolute atomic E-state index is 10.4. The Labute approximate surface area is 75.8 Å². The predicted octanol–water partition coefficient (Wildman–Crippen LogP) is -1.07. The van der Waals surface area contributed by atoms with Gasteiger partial charge in [0.1, 0.15) is 6.04 Å². The van der Waals surface area contributed by atoms with Crippen molar-refractivity contribution in [1.82, 2.24) is 5.32 Å². The minimum atomic E-state index is -1.81. The fourth-order valence-corrected chi connectivity index (χ4v) is 1.12. The Hall–Kier alpha value is -0.360. The Balaban J connectivity index is 0.00000121. The van der Waals surface area contributed by atoms with E-state index in [2.05, 4.69) is 5.32 Å². The maximum atomic E-state index is 10.4. The van der Waals surface area contributed by atoms with E-state index in [-0.39, 0.29) is 25.2 Å². The Morgan fingerprint density at radius 3 is 2.42 bits per heavy atom. The molecule has 0 aliphatic carbocycles. The summed E-state index contributed by atoms with van der Waals surface area (Å²) in [5, 5.41) is 29.2. The summed E-state index contributed by atoms with van der Waals surface area (Å²) in [6.45, 7) is 0.323. The molecular weight excluding hydrogens is 186 g/mol. The molecule has 0 bridgehead atoms. The van der Waals surface area contributed by atoms with Gasteiger partial charge in [0, 0.05) is 19.4 Å². The topological polar surface area (TPSA) is 89.8 Å². The highest BCUT2D eigenvalue weighted by molar-refractivity contribution is 5.85. The van der Waals surface area contributed by atoms with E-state index in [0.29, 0.717) is 6.54 Å². The molecule has 1 saturated heterocycles. The van der Waals surface area contributed by atoms with Crippen molar-refractivity contribution in [3.05, 3.63) is 0 Å². The second kappa shape index (κ2) is 4.04. The van der Waals surface area contributed by atoms with Crippen LogP contribution in [-0.4, -0.2) is 39.7 Å². The zero-order chi connectivity index (χ0) is 8.48. The molecule has 0 spiro atoms. The van der Waals surface area contributed by atoms with E-state index in [1.807, 2.05) is 0 Å². The minimum Gasteiger partial charge on any atom is -0.480 e. The fraction of sp³-hybridized carbons (Fsp3) is 0.833. The van der Waals surface area contributed by atoms with Gasteiger partial charge in [0.2, 0.25) is 0 Å². The van der Waals surface area contributed by atoms with Gasteiger partial charge in [0.15, 0.2) is 5.79 Å². The Morgan fingerprint density at radius 1 is 1.50 bits per heavy atom. The van der Waals surface area contributed by atoms with Crippen molar-refractivity contribution in [3.8, 4) is 0 Å². The molecule has 0 saturated carbocycles. The third kappa shape index (κ3) is 2.94. The van der Waals surface area contributed by atoms with Crippen molar-refractivity contribution >= 4 is 18.4 Å². The average molecular weight is 198 g/mol. The Morgan fingerprint density at radius 2 is 2.08 bits per heavy atom. The van der Waals surface area contributed by atoms with Crippen LogP contribution in [0.4, 0.5) is 0 Å². The van der Waals surface area contributed by atoms with Gasteiger partial charge in [-0.3, -0.25) is 4.79 Å². The fourth-order valence-electron chi connectivity index (χ4n) is 1.12. The zero-order valence-corrected chi connectivity index (χ0v) is 7.17. The van der Waals surface area contributed by atoms with Crippen LogP contribution in [0.2, 0.25) is 0 Å². The number of hydrogen-bond acceptors (Lipinski definition) is 4. The molecule has 1 unspecified atom stereocenters. The average Bonchev–Trinajstić information content (AvgIpc) is 1.85. The minimum absolute atomic E-state index is 0. The molecule has 1 fully saturated rings. The van der Waals surface area contributed by atoms with Crippen molar-refractivity contribution < 1.29 is 20.1 Å². The van der Waals surface area contributed by atoms with Crippen molar-refractivity contribution in [3.63, 3.8) is 0 Å². The SMILES string of the molecule is Cl.O=C(O)C1CC(O)(O)CCN1. The Bertz CT molecular complexity index is 173. The molecule has 4 N–H and O–H groups in total. The van der Waals surface area contributed by atoms with Crippen molar-refractivity contribution in [1.29, 1.82) is 0 Å². The predicted molar refractivity (Wildman–Crippen MR) is 43.1 cm³/mol. The first-order valence-electron chi connectivity index (χ1n) is 3.42. The first-order valence-corrected chi connectivity index (χ1v) is 3.42. The van der Waals surface area contributed by atoms with Crippen LogP contribution in [0.3, 0.4) is 0 Å². The number of carbonyl (C=O) groups is 1. The standard InChI is InChI=1S/C6H11NO4.ClH/c8-5(9)4-3-6(10,11)1-2-7-4;/h4,7,10-11H,1-3H2,(H,8,9);1H. The number of piperidine rings is 1. The molecule has 1 aliphatic rings. The van der Waals surface area contributed by atoms with Crippen molar-refractivity contribution in [2.75, 3.05) is 6.54 Å². The molecule has 0 radical (unpaired) electrons. The van der Waals surface area contributed by atoms with Gasteiger partial charge >= 0.3 is 5.97 Å². The molecule has 12 heavy (non-hydrogen) atoms.